The predicted molar refractivity (Wildman–Crippen MR) is 87.3 cm³/mol. The Morgan fingerprint density at radius 2 is 2.10 bits per heavy atom. The molecule has 0 amide bonds. The van der Waals surface area contributed by atoms with Crippen LogP contribution >= 0.6 is 11.6 Å². The highest BCUT2D eigenvalue weighted by molar-refractivity contribution is 6.31. The minimum absolute atomic E-state index is 0.624. The van der Waals surface area contributed by atoms with Crippen molar-refractivity contribution >= 4 is 17.3 Å². The summed E-state index contributed by atoms with van der Waals surface area (Å²) in [6.07, 6.45) is 0.840. The monoisotopic (exact) mass is 307 g/mol. The number of methoxy groups -OCH3 is 1. The lowest BCUT2D eigenvalue weighted by Crippen LogP contribution is -2.09. The average Bonchev–Trinajstić information content (AvgIpc) is 2.80. The number of aryl methyl sites for hydroxylation is 3. The number of nitrogens with one attached hydrogen (secondary N) is 1. The van der Waals surface area contributed by atoms with Gasteiger partial charge in [0.05, 0.1) is 35.8 Å². The second kappa shape index (κ2) is 6.85. The molecule has 1 aromatic carbocycles. The summed E-state index contributed by atoms with van der Waals surface area (Å²) in [7, 11) is 1.67. The van der Waals surface area contributed by atoms with Crippen molar-refractivity contribution in [3.05, 3.63) is 40.2 Å². The normalized spacial score (nSPS) is 10.7. The van der Waals surface area contributed by atoms with Gasteiger partial charge in [-0.25, -0.2) is 0 Å². The van der Waals surface area contributed by atoms with Crippen LogP contribution in [0.25, 0.3) is 0 Å². The molecular weight excluding hydrogens is 286 g/mol. The first-order chi connectivity index (χ1) is 10.1. The van der Waals surface area contributed by atoms with Gasteiger partial charge < -0.3 is 10.1 Å². The van der Waals surface area contributed by atoms with Crippen LogP contribution in [0.3, 0.4) is 0 Å². The zero-order chi connectivity index (χ0) is 15.4. The molecule has 1 aromatic heterocycles. The molecule has 2 rings (SSSR count). The summed E-state index contributed by atoms with van der Waals surface area (Å²) in [5.41, 5.74) is 4.12. The molecule has 0 bridgehead atoms. The smallest absolute Gasteiger partial charge is 0.141 e. The number of hydrogen-bond acceptors (Lipinski definition) is 3. The van der Waals surface area contributed by atoms with Gasteiger partial charge in [-0.05, 0) is 38.0 Å². The molecule has 0 spiro atoms. The fourth-order valence-corrected chi connectivity index (χ4v) is 2.66. The van der Waals surface area contributed by atoms with Crippen LogP contribution in [0.5, 0.6) is 5.75 Å². The minimum Gasteiger partial charge on any atom is -0.495 e. The van der Waals surface area contributed by atoms with Gasteiger partial charge in [0, 0.05) is 6.54 Å². The first kappa shape index (κ1) is 15.7. The molecule has 0 atom stereocenters. The minimum atomic E-state index is 0.624. The number of halogens is 1. The molecule has 0 radical (unpaired) electrons. The first-order valence-electron chi connectivity index (χ1n) is 7.23. The largest absolute Gasteiger partial charge is 0.495 e. The van der Waals surface area contributed by atoms with E-state index in [1.807, 2.05) is 16.8 Å². The van der Waals surface area contributed by atoms with Gasteiger partial charge in [0.15, 0.2) is 0 Å². The highest BCUT2D eigenvalue weighted by Crippen LogP contribution is 2.27. The summed E-state index contributed by atoms with van der Waals surface area (Å²) < 4.78 is 7.34. The maximum absolute atomic E-state index is 6.42. The maximum Gasteiger partial charge on any atom is 0.141 e. The third kappa shape index (κ3) is 3.32. The number of rotatable bonds is 6. The summed E-state index contributed by atoms with van der Waals surface area (Å²) in [6, 6.07) is 6.07. The predicted octanol–water partition coefficient (Wildman–Crippen LogP) is 4.05. The lowest BCUT2D eigenvalue weighted by atomic mass is 10.2. The highest BCUT2D eigenvalue weighted by Gasteiger charge is 2.14. The van der Waals surface area contributed by atoms with Crippen molar-refractivity contribution in [3.63, 3.8) is 0 Å². The molecule has 5 heteroatoms. The van der Waals surface area contributed by atoms with E-state index in [2.05, 4.69) is 37.3 Å². The lowest BCUT2D eigenvalue weighted by molar-refractivity contribution is 0.416. The zero-order valence-corrected chi connectivity index (χ0v) is 13.8. The fraction of sp³-hybridized carbons (Fsp3) is 0.438. The highest BCUT2D eigenvalue weighted by atomic mass is 35.5. The maximum atomic E-state index is 6.42. The van der Waals surface area contributed by atoms with Crippen molar-refractivity contribution in [1.29, 1.82) is 0 Å². The molecule has 0 aliphatic heterocycles. The van der Waals surface area contributed by atoms with Gasteiger partial charge in [0.1, 0.15) is 5.75 Å². The Morgan fingerprint density at radius 1 is 1.33 bits per heavy atom. The Balaban J connectivity index is 2.24. The van der Waals surface area contributed by atoms with Crippen molar-refractivity contribution < 1.29 is 4.74 Å². The molecule has 0 aliphatic carbocycles. The van der Waals surface area contributed by atoms with Crippen molar-refractivity contribution in [1.82, 2.24) is 9.78 Å². The first-order valence-corrected chi connectivity index (χ1v) is 7.61. The van der Waals surface area contributed by atoms with Gasteiger partial charge in [-0.3, -0.25) is 4.68 Å². The molecule has 2 aromatic rings. The van der Waals surface area contributed by atoms with E-state index in [0.29, 0.717) is 6.54 Å². The zero-order valence-electron chi connectivity index (χ0n) is 13.0. The van der Waals surface area contributed by atoms with E-state index in [-0.39, 0.29) is 0 Å². The standard InChI is InChI=1S/C16H22ClN3O/c1-5-12-16(17)14(20(6-2)19-12)10-18-13-9-11(3)7-8-15(13)21-4/h7-9,18H,5-6,10H2,1-4H3. The molecule has 1 heterocycles. The third-order valence-electron chi connectivity index (χ3n) is 3.50. The summed E-state index contributed by atoms with van der Waals surface area (Å²) in [6.45, 7) is 7.62. The summed E-state index contributed by atoms with van der Waals surface area (Å²) in [4.78, 5) is 0. The van der Waals surface area contributed by atoms with Crippen LogP contribution in [0.15, 0.2) is 18.2 Å². The topological polar surface area (TPSA) is 39.1 Å². The van der Waals surface area contributed by atoms with Crippen molar-refractivity contribution in [2.24, 2.45) is 0 Å². The second-order valence-corrected chi connectivity index (χ2v) is 5.31. The van der Waals surface area contributed by atoms with Crippen molar-refractivity contribution in [2.45, 2.75) is 40.3 Å². The van der Waals surface area contributed by atoms with Crippen LogP contribution in [-0.2, 0) is 19.5 Å². The van der Waals surface area contributed by atoms with E-state index in [9.17, 15) is 0 Å². The van der Waals surface area contributed by atoms with Gasteiger partial charge in [-0.15, -0.1) is 0 Å². The SMILES string of the molecule is CCc1nn(CC)c(CNc2cc(C)ccc2OC)c1Cl. The fourth-order valence-electron chi connectivity index (χ4n) is 2.33. The molecule has 0 fully saturated rings. The van der Waals surface area contributed by atoms with Gasteiger partial charge in [0.2, 0.25) is 0 Å². The molecule has 21 heavy (non-hydrogen) atoms. The number of ether oxygens (including phenoxy) is 1. The van der Waals surface area contributed by atoms with E-state index < -0.39 is 0 Å². The molecule has 0 aliphatic rings. The average molecular weight is 308 g/mol. The number of anilines is 1. The van der Waals surface area contributed by atoms with E-state index in [0.717, 1.165) is 40.8 Å². The van der Waals surface area contributed by atoms with Gasteiger partial charge in [-0.1, -0.05) is 24.6 Å². The van der Waals surface area contributed by atoms with Gasteiger partial charge in [0.25, 0.3) is 0 Å². The lowest BCUT2D eigenvalue weighted by Gasteiger charge is -2.13. The number of aromatic nitrogens is 2. The van der Waals surface area contributed by atoms with Crippen LogP contribution in [0.2, 0.25) is 5.02 Å². The third-order valence-corrected chi connectivity index (χ3v) is 3.93. The van der Waals surface area contributed by atoms with E-state index in [4.69, 9.17) is 16.3 Å². The Bertz CT molecular complexity index is 622. The number of hydrogen-bond donors (Lipinski definition) is 1. The molecule has 0 saturated heterocycles. The molecule has 114 valence electrons. The molecule has 0 unspecified atom stereocenters. The Morgan fingerprint density at radius 3 is 2.71 bits per heavy atom. The summed E-state index contributed by atoms with van der Waals surface area (Å²) in [5.74, 6) is 0.829. The quantitative estimate of drug-likeness (QED) is 0.875. The Kier molecular flexibility index (Phi) is 5.12. The van der Waals surface area contributed by atoms with Crippen LogP contribution in [0, 0.1) is 6.92 Å². The van der Waals surface area contributed by atoms with E-state index in [1.165, 1.54) is 5.56 Å². The number of benzene rings is 1. The van der Waals surface area contributed by atoms with Crippen LogP contribution in [0.1, 0.15) is 30.8 Å². The summed E-state index contributed by atoms with van der Waals surface area (Å²) >= 11 is 6.42. The van der Waals surface area contributed by atoms with Crippen molar-refractivity contribution in [2.75, 3.05) is 12.4 Å². The van der Waals surface area contributed by atoms with Crippen molar-refractivity contribution in [3.8, 4) is 5.75 Å². The van der Waals surface area contributed by atoms with Gasteiger partial charge >= 0.3 is 0 Å². The Labute approximate surface area is 131 Å². The van der Waals surface area contributed by atoms with E-state index >= 15 is 0 Å². The molecular formula is C16H22ClN3O. The number of nitrogens with zero attached hydrogens (tertiary/aromatic N) is 2. The Hall–Kier alpha value is -1.68. The van der Waals surface area contributed by atoms with Crippen LogP contribution < -0.4 is 10.1 Å². The second-order valence-electron chi connectivity index (χ2n) is 4.93. The van der Waals surface area contributed by atoms with Gasteiger partial charge in [-0.2, -0.15) is 5.10 Å². The molecule has 0 saturated carbocycles. The molecule has 1 N–H and O–H groups in total. The summed E-state index contributed by atoms with van der Waals surface area (Å²) in [5, 5.41) is 8.70. The molecule has 4 nitrogen and oxygen atoms in total. The van der Waals surface area contributed by atoms with E-state index in [1.54, 1.807) is 7.11 Å². The van der Waals surface area contributed by atoms with Crippen LogP contribution in [-0.4, -0.2) is 16.9 Å². The van der Waals surface area contributed by atoms with Crippen LogP contribution in [0.4, 0.5) is 5.69 Å².